The predicted molar refractivity (Wildman–Crippen MR) is 94.5 cm³/mol. The lowest BCUT2D eigenvalue weighted by Gasteiger charge is -2.19. The van der Waals surface area contributed by atoms with Gasteiger partial charge in [0, 0.05) is 5.41 Å². The van der Waals surface area contributed by atoms with Crippen molar-refractivity contribution in [3.05, 3.63) is 71.2 Å². The van der Waals surface area contributed by atoms with Crippen LogP contribution in [0.5, 0.6) is 11.5 Å². The van der Waals surface area contributed by atoms with E-state index >= 15 is 0 Å². The number of halogens is 1. The van der Waals surface area contributed by atoms with Gasteiger partial charge >= 0.3 is 0 Å². The van der Waals surface area contributed by atoms with Gasteiger partial charge in [0.05, 0.1) is 13.2 Å². The Bertz CT molecular complexity index is 606. The number of hydrogen-bond acceptors (Lipinski definition) is 2. The molecule has 2 rings (SSSR count). The first-order chi connectivity index (χ1) is 10.6. The molecule has 0 saturated carbocycles. The third-order valence-electron chi connectivity index (χ3n) is 3.13. The Morgan fingerprint density at radius 1 is 1.00 bits per heavy atom. The minimum atomic E-state index is 0.0155. The first-order valence-corrected chi connectivity index (χ1v) is 8.18. The maximum absolute atomic E-state index is 5.83. The van der Waals surface area contributed by atoms with Crippen molar-refractivity contribution in [3.63, 3.8) is 0 Å². The van der Waals surface area contributed by atoms with Crippen LogP contribution >= 0.6 is 15.9 Å². The molecule has 0 aliphatic heterocycles. The van der Waals surface area contributed by atoms with E-state index in [1.54, 1.807) is 0 Å². The molecule has 22 heavy (non-hydrogen) atoms. The minimum Gasteiger partial charge on any atom is -0.457 e. The van der Waals surface area contributed by atoms with Gasteiger partial charge in [-0.2, -0.15) is 0 Å². The molecular weight excluding hydrogens is 340 g/mol. The Morgan fingerprint density at radius 3 is 2.45 bits per heavy atom. The SMILES string of the molecule is CC(C)(/C=C/Br)COCc1cccc(Oc2ccccc2)c1. The van der Waals surface area contributed by atoms with Crippen LogP contribution in [-0.2, 0) is 11.3 Å². The normalized spacial score (nSPS) is 11.8. The first-order valence-electron chi connectivity index (χ1n) is 7.26. The van der Waals surface area contributed by atoms with Gasteiger partial charge in [-0.25, -0.2) is 0 Å². The molecule has 0 radical (unpaired) electrons. The molecular formula is C19H21BrO2. The van der Waals surface area contributed by atoms with Gasteiger partial charge in [0.1, 0.15) is 11.5 Å². The molecule has 0 N–H and O–H groups in total. The van der Waals surface area contributed by atoms with Crippen LogP contribution in [0.25, 0.3) is 0 Å². The molecule has 2 nitrogen and oxygen atoms in total. The summed E-state index contributed by atoms with van der Waals surface area (Å²) in [6.45, 7) is 5.52. The number of para-hydroxylation sites is 1. The predicted octanol–water partition coefficient (Wildman–Crippen LogP) is 5.93. The van der Waals surface area contributed by atoms with Gasteiger partial charge in [0.15, 0.2) is 0 Å². The Balaban J connectivity index is 1.92. The molecule has 0 aromatic heterocycles. The largest absolute Gasteiger partial charge is 0.457 e. The van der Waals surface area contributed by atoms with Crippen LogP contribution < -0.4 is 4.74 Å². The number of ether oxygens (including phenoxy) is 2. The lowest BCUT2D eigenvalue weighted by molar-refractivity contribution is 0.0717. The van der Waals surface area contributed by atoms with Gasteiger partial charge in [-0.1, -0.05) is 66.2 Å². The topological polar surface area (TPSA) is 18.5 Å². The quantitative estimate of drug-likeness (QED) is 0.608. The molecule has 0 bridgehead atoms. The van der Waals surface area contributed by atoms with Gasteiger partial charge in [-0.3, -0.25) is 0 Å². The number of rotatable bonds is 7. The molecule has 0 saturated heterocycles. The summed E-state index contributed by atoms with van der Waals surface area (Å²) < 4.78 is 11.6. The summed E-state index contributed by atoms with van der Waals surface area (Å²) in [4.78, 5) is 1.88. The second-order valence-electron chi connectivity index (χ2n) is 5.84. The van der Waals surface area contributed by atoms with Crippen LogP contribution in [0.2, 0.25) is 0 Å². The van der Waals surface area contributed by atoms with Crippen molar-refractivity contribution in [3.8, 4) is 11.5 Å². The molecule has 2 aromatic rings. The molecule has 0 heterocycles. The van der Waals surface area contributed by atoms with Gasteiger partial charge in [-0.05, 0) is 34.8 Å². The average Bonchev–Trinajstić information content (AvgIpc) is 2.48. The van der Waals surface area contributed by atoms with Crippen molar-refractivity contribution in [2.75, 3.05) is 6.61 Å². The smallest absolute Gasteiger partial charge is 0.127 e. The third kappa shape index (κ3) is 5.66. The molecule has 0 unspecified atom stereocenters. The number of hydrogen-bond donors (Lipinski definition) is 0. The molecule has 0 aliphatic rings. The Kier molecular flexibility index (Phi) is 6.22. The fraction of sp³-hybridized carbons (Fsp3) is 0.263. The zero-order valence-electron chi connectivity index (χ0n) is 13.0. The van der Waals surface area contributed by atoms with E-state index in [1.165, 1.54) is 0 Å². The molecule has 3 heteroatoms. The maximum Gasteiger partial charge on any atom is 0.127 e. The highest BCUT2D eigenvalue weighted by Gasteiger charge is 2.13. The fourth-order valence-corrected chi connectivity index (χ4v) is 2.69. The maximum atomic E-state index is 5.83. The van der Waals surface area contributed by atoms with Crippen molar-refractivity contribution < 1.29 is 9.47 Å². The highest BCUT2D eigenvalue weighted by molar-refractivity contribution is 9.11. The van der Waals surface area contributed by atoms with Crippen LogP contribution in [0.15, 0.2) is 65.7 Å². The van der Waals surface area contributed by atoms with E-state index in [0.717, 1.165) is 17.1 Å². The minimum absolute atomic E-state index is 0.0155. The second-order valence-corrected chi connectivity index (χ2v) is 6.37. The van der Waals surface area contributed by atoms with Crippen LogP contribution in [0.1, 0.15) is 19.4 Å². The highest BCUT2D eigenvalue weighted by Crippen LogP contribution is 2.23. The lowest BCUT2D eigenvalue weighted by Crippen LogP contribution is -2.16. The standard InChI is InChI=1S/C19H21BrO2/c1-19(2,11-12-20)15-21-14-16-7-6-10-18(13-16)22-17-8-4-3-5-9-17/h3-13H,14-15H2,1-2H3/b12-11+. The van der Waals surface area contributed by atoms with Crippen LogP contribution in [0.3, 0.4) is 0 Å². The van der Waals surface area contributed by atoms with E-state index < -0.39 is 0 Å². The fourth-order valence-electron chi connectivity index (χ4n) is 1.97. The average molecular weight is 361 g/mol. The summed E-state index contributed by atoms with van der Waals surface area (Å²) in [5, 5.41) is 0. The summed E-state index contributed by atoms with van der Waals surface area (Å²) >= 11 is 3.31. The van der Waals surface area contributed by atoms with Crippen LogP contribution in [0, 0.1) is 5.41 Å². The van der Waals surface area contributed by atoms with E-state index in [0.29, 0.717) is 13.2 Å². The van der Waals surface area contributed by atoms with E-state index in [-0.39, 0.29) is 5.41 Å². The Hall–Kier alpha value is -1.58. The third-order valence-corrected chi connectivity index (χ3v) is 3.40. The second kappa shape index (κ2) is 8.16. The molecule has 0 fully saturated rings. The van der Waals surface area contributed by atoms with Crippen LogP contribution in [-0.4, -0.2) is 6.61 Å². The van der Waals surface area contributed by atoms with E-state index in [4.69, 9.17) is 9.47 Å². The van der Waals surface area contributed by atoms with Crippen molar-refractivity contribution in [2.45, 2.75) is 20.5 Å². The van der Waals surface area contributed by atoms with Crippen LogP contribution in [0.4, 0.5) is 0 Å². The Labute approximate surface area is 140 Å². The number of benzene rings is 2. The molecule has 0 aliphatic carbocycles. The van der Waals surface area contributed by atoms with Gasteiger partial charge < -0.3 is 9.47 Å². The van der Waals surface area contributed by atoms with Gasteiger partial charge in [0.25, 0.3) is 0 Å². The summed E-state index contributed by atoms with van der Waals surface area (Å²) in [6.07, 6.45) is 2.09. The molecule has 0 atom stereocenters. The molecule has 2 aromatic carbocycles. The van der Waals surface area contributed by atoms with Crippen molar-refractivity contribution in [2.24, 2.45) is 5.41 Å². The van der Waals surface area contributed by atoms with Crippen molar-refractivity contribution in [1.29, 1.82) is 0 Å². The summed E-state index contributed by atoms with van der Waals surface area (Å²) in [7, 11) is 0. The molecule has 0 amide bonds. The first kappa shape index (κ1) is 16.8. The lowest BCUT2D eigenvalue weighted by atomic mass is 9.95. The van der Waals surface area contributed by atoms with E-state index in [2.05, 4.69) is 35.9 Å². The summed E-state index contributed by atoms with van der Waals surface area (Å²) in [6, 6.07) is 17.8. The van der Waals surface area contributed by atoms with Crippen molar-refractivity contribution in [1.82, 2.24) is 0 Å². The summed E-state index contributed by atoms with van der Waals surface area (Å²) in [5.74, 6) is 1.66. The summed E-state index contributed by atoms with van der Waals surface area (Å²) in [5.41, 5.74) is 1.12. The molecule has 0 spiro atoms. The zero-order chi connectivity index (χ0) is 15.8. The Morgan fingerprint density at radius 2 is 1.73 bits per heavy atom. The van der Waals surface area contributed by atoms with E-state index in [9.17, 15) is 0 Å². The molecule has 116 valence electrons. The zero-order valence-corrected chi connectivity index (χ0v) is 14.5. The highest BCUT2D eigenvalue weighted by atomic mass is 79.9. The van der Waals surface area contributed by atoms with Gasteiger partial charge in [-0.15, -0.1) is 0 Å². The van der Waals surface area contributed by atoms with Crippen molar-refractivity contribution >= 4 is 15.9 Å². The monoisotopic (exact) mass is 360 g/mol. The van der Waals surface area contributed by atoms with Gasteiger partial charge in [0.2, 0.25) is 0 Å². The van der Waals surface area contributed by atoms with E-state index in [1.807, 2.05) is 59.6 Å².